The van der Waals surface area contributed by atoms with E-state index in [1.54, 1.807) is 0 Å². The molecule has 0 radical (unpaired) electrons. The number of hydrogen-bond acceptors (Lipinski definition) is 2. The first kappa shape index (κ1) is 11.1. The Morgan fingerprint density at radius 1 is 1.31 bits per heavy atom. The van der Waals surface area contributed by atoms with Gasteiger partial charge in [0.1, 0.15) is 17.1 Å². The molecule has 16 heavy (non-hydrogen) atoms. The van der Waals surface area contributed by atoms with Crippen LogP contribution in [0, 0.1) is 0 Å². The summed E-state index contributed by atoms with van der Waals surface area (Å²) in [5.41, 5.74) is 0.881. The molecule has 1 aromatic rings. The molecule has 1 aliphatic rings. The molecule has 1 aromatic carbocycles. The van der Waals surface area contributed by atoms with Gasteiger partial charge in [-0.1, -0.05) is 13.0 Å². The van der Waals surface area contributed by atoms with Crippen molar-refractivity contribution in [3.05, 3.63) is 29.8 Å². The van der Waals surface area contributed by atoms with Crippen LogP contribution >= 0.6 is 0 Å². The summed E-state index contributed by atoms with van der Waals surface area (Å²) in [5.74, 6) is 1.84. The van der Waals surface area contributed by atoms with Crippen LogP contribution in [0.25, 0.3) is 6.08 Å². The molecular formula is C14H18O2. The summed E-state index contributed by atoms with van der Waals surface area (Å²) in [6, 6.07) is 5.96. The van der Waals surface area contributed by atoms with Gasteiger partial charge < -0.3 is 9.47 Å². The lowest BCUT2D eigenvalue weighted by molar-refractivity contribution is 0.158. The van der Waals surface area contributed by atoms with Crippen molar-refractivity contribution in [2.45, 2.75) is 32.8 Å². The van der Waals surface area contributed by atoms with Gasteiger partial charge >= 0.3 is 0 Å². The third-order valence-electron chi connectivity index (χ3n) is 2.49. The average Bonchev–Trinajstić information content (AvgIpc) is 2.25. The Bertz CT molecular complexity index is 405. The lowest BCUT2D eigenvalue weighted by atomic mass is 10.0. The molecule has 0 saturated carbocycles. The van der Waals surface area contributed by atoms with Crippen LogP contribution in [-0.4, -0.2) is 12.2 Å². The van der Waals surface area contributed by atoms with Gasteiger partial charge in [-0.2, -0.15) is 0 Å². The predicted molar refractivity (Wildman–Crippen MR) is 66.0 cm³/mol. The molecule has 0 spiro atoms. The van der Waals surface area contributed by atoms with E-state index < -0.39 is 0 Å². The highest BCUT2D eigenvalue weighted by molar-refractivity contribution is 5.62. The molecule has 0 bridgehead atoms. The first-order chi connectivity index (χ1) is 7.61. The van der Waals surface area contributed by atoms with E-state index in [0.717, 1.165) is 30.1 Å². The second kappa shape index (κ2) is 4.20. The summed E-state index contributed by atoms with van der Waals surface area (Å²) in [7, 11) is 0. The molecule has 1 aliphatic heterocycles. The fourth-order valence-electron chi connectivity index (χ4n) is 1.67. The van der Waals surface area contributed by atoms with Gasteiger partial charge in [-0.3, -0.25) is 0 Å². The molecule has 2 rings (SSSR count). The Hall–Kier alpha value is -1.44. The monoisotopic (exact) mass is 218 g/mol. The minimum absolute atomic E-state index is 0.210. The Morgan fingerprint density at radius 3 is 2.88 bits per heavy atom. The van der Waals surface area contributed by atoms with E-state index in [0.29, 0.717) is 0 Å². The van der Waals surface area contributed by atoms with Crippen molar-refractivity contribution in [1.29, 1.82) is 0 Å². The summed E-state index contributed by atoms with van der Waals surface area (Å²) < 4.78 is 11.4. The molecule has 0 aromatic heterocycles. The maximum atomic E-state index is 5.84. The summed E-state index contributed by atoms with van der Waals surface area (Å²) in [4.78, 5) is 0. The zero-order valence-electron chi connectivity index (χ0n) is 10.1. The minimum Gasteiger partial charge on any atom is -0.494 e. The number of benzene rings is 1. The molecule has 1 heterocycles. The zero-order chi connectivity index (χ0) is 11.6. The normalized spacial score (nSPS) is 16.4. The molecule has 0 fully saturated rings. The van der Waals surface area contributed by atoms with Crippen molar-refractivity contribution in [3.63, 3.8) is 0 Å². The van der Waals surface area contributed by atoms with Crippen molar-refractivity contribution < 1.29 is 9.47 Å². The highest BCUT2D eigenvalue weighted by atomic mass is 16.5. The summed E-state index contributed by atoms with van der Waals surface area (Å²) in [6.45, 7) is 6.96. The van der Waals surface area contributed by atoms with Gasteiger partial charge in [-0.05, 0) is 44.5 Å². The first-order valence-corrected chi connectivity index (χ1v) is 5.76. The topological polar surface area (TPSA) is 18.5 Å². The van der Waals surface area contributed by atoms with Crippen LogP contribution in [0.15, 0.2) is 24.3 Å². The van der Waals surface area contributed by atoms with Gasteiger partial charge in [0.2, 0.25) is 0 Å². The quantitative estimate of drug-likeness (QED) is 0.770. The van der Waals surface area contributed by atoms with Crippen molar-refractivity contribution in [2.75, 3.05) is 6.61 Å². The van der Waals surface area contributed by atoms with Crippen LogP contribution in [0.1, 0.15) is 32.8 Å². The average molecular weight is 218 g/mol. The van der Waals surface area contributed by atoms with E-state index >= 15 is 0 Å². The van der Waals surface area contributed by atoms with E-state index in [9.17, 15) is 0 Å². The van der Waals surface area contributed by atoms with Crippen LogP contribution in [-0.2, 0) is 0 Å². The third-order valence-corrected chi connectivity index (χ3v) is 2.49. The van der Waals surface area contributed by atoms with Crippen LogP contribution in [0.4, 0.5) is 0 Å². The van der Waals surface area contributed by atoms with Crippen LogP contribution in [0.2, 0.25) is 0 Å². The number of hydrogen-bond donors (Lipinski definition) is 0. The second-order valence-electron chi connectivity index (χ2n) is 4.59. The maximum Gasteiger partial charge on any atom is 0.128 e. The number of rotatable bonds is 3. The maximum absolute atomic E-state index is 5.84. The minimum atomic E-state index is -0.210. The molecule has 2 nitrogen and oxygen atoms in total. The molecule has 2 heteroatoms. The van der Waals surface area contributed by atoms with Gasteiger partial charge in [0.25, 0.3) is 0 Å². The van der Waals surface area contributed by atoms with Gasteiger partial charge in [0.05, 0.1) is 6.61 Å². The molecule has 0 aliphatic carbocycles. The molecule has 0 atom stereocenters. The highest BCUT2D eigenvalue weighted by Crippen LogP contribution is 2.33. The highest BCUT2D eigenvalue weighted by Gasteiger charge is 2.21. The molecule has 0 unspecified atom stereocenters. The third kappa shape index (κ3) is 2.38. The van der Waals surface area contributed by atoms with E-state index in [4.69, 9.17) is 9.47 Å². The second-order valence-corrected chi connectivity index (χ2v) is 4.59. The molecule has 0 amide bonds. The Kier molecular flexibility index (Phi) is 2.90. The Balaban J connectivity index is 2.21. The van der Waals surface area contributed by atoms with E-state index in [1.165, 1.54) is 0 Å². The van der Waals surface area contributed by atoms with Crippen molar-refractivity contribution in [3.8, 4) is 11.5 Å². The summed E-state index contributed by atoms with van der Waals surface area (Å²) in [6.07, 6.45) is 5.19. The molecule has 0 N–H and O–H groups in total. The number of ether oxygens (including phenoxy) is 2. The summed E-state index contributed by atoms with van der Waals surface area (Å²) >= 11 is 0. The fraction of sp³-hybridized carbons (Fsp3) is 0.429. The smallest absolute Gasteiger partial charge is 0.128 e. The van der Waals surface area contributed by atoms with Gasteiger partial charge in [-0.15, -0.1) is 0 Å². The lowest BCUT2D eigenvalue weighted by Gasteiger charge is -2.27. The van der Waals surface area contributed by atoms with Gasteiger partial charge in [0, 0.05) is 5.56 Å². The molecule has 0 saturated heterocycles. The van der Waals surface area contributed by atoms with E-state index in [-0.39, 0.29) is 5.60 Å². The Labute approximate surface area is 96.9 Å². The van der Waals surface area contributed by atoms with Crippen LogP contribution in [0.5, 0.6) is 11.5 Å². The van der Waals surface area contributed by atoms with Crippen LogP contribution < -0.4 is 9.47 Å². The molecule has 86 valence electrons. The van der Waals surface area contributed by atoms with Gasteiger partial charge in [-0.25, -0.2) is 0 Å². The predicted octanol–water partition coefficient (Wildman–Crippen LogP) is 3.66. The van der Waals surface area contributed by atoms with Crippen molar-refractivity contribution in [1.82, 2.24) is 0 Å². The summed E-state index contributed by atoms with van der Waals surface area (Å²) in [5, 5.41) is 0. The van der Waals surface area contributed by atoms with E-state index in [2.05, 4.69) is 19.1 Å². The zero-order valence-corrected chi connectivity index (χ0v) is 10.1. The Morgan fingerprint density at radius 2 is 2.12 bits per heavy atom. The first-order valence-electron chi connectivity index (χ1n) is 5.76. The van der Waals surface area contributed by atoms with Gasteiger partial charge in [0.15, 0.2) is 0 Å². The standard InChI is InChI=1S/C14H18O2/c1-4-9-15-12-5-6-13-11(10-12)7-8-14(2,3)16-13/h5-8,10H,4,9H2,1-3H3. The van der Waals surface area contributed by atoms with Crippen molar-refractivity contribution in [2.24, 2.45) is 0 Å². The van der Waals surface area contributed by atoms with E-state index in [1.807, 2.05) is 32.0 Å². The lowest BCUT2D eigenvalue weighted by Crippen LogP contribution is -2.27. The molecular weight excluding hydrogens is 200 g/mol. The fourth-order valence-corrected chi connectivity index (χ4v) is 1.67. The number of fused-ring (bicyclic) bond motifs is 1. The van der Waals surface area contributed by atoms with Crippen molar-refractivity contribution >= 4 is 6.08 Å². The van der Waals surface area contributed by atoms with Crippen LogP contribution in [0.3, 0.4) is 0 Å². The SMILES string of the molecule is CCCOc1ccc2c(c1)C=CC(C)(C)O2. The largest absolute Gasteiger partial charge is 0.494 e.